The van der Waals surface area contributed by atoms with Crippen molar-refractivity contribution < 1.29 is 34.0 Å². The molecule has 5 heterocycles. The van der Waals surface area contributed by atoms with Gasteiger partial charge < -0.3 is 35.4 Å². The molecule has 0 saturated carbocycles. The van der Waals surface area contributed by atoms with E-state index >= 15 is 0 Å². The summed E-state index contributed by atoms with van der Waals surface area (Å²) in [5.74, 6) is -0.468. The molecule has 0 radical (unpaired) electrons. The Bertz CT molecular complexity index is 1510. The Kier molecular flexibility index (Phi) is 7.07. The lowest BCUT2D eigenvalue weighted by Crippen LogP contribution is -2.33. The minimum atomic E-state index is -1.35. The molecule has 6 rings (SSSR count). The number of nitrogens with one attached hydrogen (secondary N) is 2. The van der Waals surface area contributed by atoms with Crippen LogP contribution in [0.15, 0.2) is 36.8 Å². The summed E-state index contributed by atoms with van der Waals surface area (Å²) in [6, 6.07) is 5.71. The molecule has 1 aromatic carbocycles. The predicted molar refractivity (Wildman–Crippen MR) is 134 cm³/mol. The maximum absolute atomic E-state index is 13.1. The third kappa shape index (κ3) is 4.98. The first kappa shape index (κ1) is 26.1. The lowest BCUT2D eigenvalue weighted by Gasteiger charge is -2.17. The normalized spacial score (nSPS) is 24.6. The lowest BCUT2D eigenvalue weighted by atomic mass is 10.1. The lowest BCUT2D eigenvalue weighted by molar-refractivity contribution is -0.0511. The molecule has 0 spiro atoms. The Hall–Kier alpha value is -4.09. The van der Waals surface area contributed by atoms with E-state index in [4.69, 9.17) is 9.47 Å². The van der Waals surface area contributed by atoms with Crippen LogP contribution < -0.4 is 10.6 Å². The average Bonchev–Trinajstić information content (AvgIpc) is 3.77. The van der Waals surface area contributed by atoms with Crippen molar-refractivity contribution >= 4 is 22.9 Å². The van der Waals surface area contributed by atoms with E-state index in [0.29, 0.717) is 30.1 Å². The van der Waals surface area contributed by atoms with Gasteiger partial charge in [-0.1, -0.05) is 17.3 Å². The van der Waals surface area contributed by atoms with Crippen molar-refractivity contribution in [2.24, 2.45) is 0 Å². The maximum atomic E-state index is 13.1. The van der Waals surface area contributed by atoms with Gasteiger partial charge in [-0.25, -0.2) is 9.37 Å². The van der Waals surface area contributed by atoms with E-state index < -0.39 is 37.1 Å². The molecule has 15 nitrogen and oxygen atoms in total. The average molecular weight is 556 g/mol. The van der Waals surface area contributed by atoms with Crippen LogP contribution in [0.4, 0.5) is 10.2 Å². The Morgan fingerprint density at radius 1 is 1.18 bits per heavy atom. The van der Waals surface area contributed by atoms with Crippen molar-refractivity contribution in [3.05, 3.63) is 53.9 Å². The van der Waals surface area contributed by atoms with Crippen molar-refractivity contribution in [1.29, 1.82) is 0 Å². The van der Waals surface area contributed by atoms with Gasteiger partial charge in [-0.05, 0) is 24.1 Å². The molecule has 0 unspecified atom stereocenters. The molecule has 3 aromatic heterocycles. The summed E-state index contributed by atoms with van der Waals surface area (Å²) in [4.78, 5) is 26.2. The second-order valence-corrected chi connectivity index (χ2v) is 9.49. The number of aliphatic hydroxyl groups excluding tert-OH is 3. The predicted octanol–water partition coefficient (Wildman–Crippen LogP) is -0.712. The number of aliphatic hydroxyl groups is 3. The minimum Gasteiger partial charge on any atom is -0.394 e. The fourth-order valence-electron chi connectivity index (χ4n) is 4.59. The zero-order valence-electron chi connectivity index (χ0n) is 21.0. The van der Waals surface area contributed by atoms with Crippen LogP contribution >= 0.6 is 0 Å². The van der Waals surface area contributed by atoms with Crippen LogP contribution in [0.3, 0.4) is 0 Å². The van der Waals surface area contributed by atoms with Gasteiger partial charge in [-0.15, -0.1) is 5.10 Å². The van der Waals surface area contributed by atoms with Crippen molar-refractivity contribution in [2.75, 3.05) is 25.1 Å². The van der Waals surface area contributed by atoms with Gasteiger partial charge in [0, 0.05) is 13.2 Å². The summed E-state index contributed by atoms with van der Waals surface area (Å²) in [6.45, 7) is 0.740. The monoisotopic (exact) mass is 555 g/mol. The van der Waals surface area contributed by atoms with Crippen molar-refractivity contribution in [3.8, 4) is 5.95 Å². The van der Waals surface area contributed by atoms with Gasteiger partial charge >= 0.3 is 0 Å². The number of aromatic nitrogens is 7. The quantitative estimate of drug-likeness (QED) is 0.184. The summed E-state index contributed by atoms with van der Waals surface area (Å²) >= 11 is 0. The number of benzene rings is 1. The fraction of sp³-hybridized carbons (Fsp3) is 0.417. The topological polar surface area (TPSA) is 195 Å². The molecule has 0 bridgehead atoms. The Morgan fingerprint density at radius 2 is 2.00 bits per heavy atom. The standard InChI is InChI=1S/C24H26FN9O6/c25-13-3-1-12(2-4-13)7-26-22(38)15-8-34(32-31-15)24-29-20(28-14-5-6-39-10-14)17-21(30-24)33(11-27-17)23-19(37)18(36)16(9-35)40-23/h1-4,8,11,14,16,18-19,23,35-37H,5-7,9-10H2,(H,26,38)(H,28,29,30)/t14-,16-,18-,19-,23-/m1/s1. The van der Waals surface area contributed by atoms with Gasteiger partial charge in [0.1, 0.15) is 24.1 Å². The Balaban J connectivity index is 1.31. The number of hydrogen-bond donors (Lipinski definition) is 5. The smallest absolute Gasteiger partial charge is 0.273 e. The number of nitrogens with zero attached hydrogens (tertiary/aromatic N) is 7. The van der Waals surface area contributed by atoms with Crippen LogP contribution in [0.25, 0.3) is 17.1 Å². The number of anilines is 1. The summed E-state index contributed by atoms with van der Waals surface area (Å²) in [5.41, 5.74) is 1.33. The number of hydrogen-bond acceptors (Lipinski definition) is 12. The fourth-order valence-corrected chi connectivity index (χ4v) is 4.59. The third-order valence-electron chi connectivity index (χ3n) is 6.77. The van der Waals surface area contributed by atoms with Crippen LogP contribution in [-0.4, -0.2) is 99.9 Å². The molecule has 5 atom stereocenters. The molecule has 16 heteroatoms. The van der Waals surface area contributed by atoms with E-state index in [1.54, 1.807) is 12.1 Å². The summed E-state index contributed by atoms with van der Waals surface area (Å²) in [7, 11) is 0. The van der Waals surface area contributed by atoms with E-state index in [1.165, 1.54) is 33.9 Å². The number of carbonyl (C=O) groups is 1. The van der Waals surface area contributed by atoms with Crippen LogP contribution in [-0.2, 0) is 16.0 Å². The number of amides is 1. The SMILES string of the molecule is O=C(NCc1ccc(F)cc1)c1cn(-c2nc(N[C@@H]3CCOC3)c3ncn([C@@H]4O[C@H](CO)[C@@H](O)[C@H]4O)c3n2)nn1. The first-order chi connectivity index (χ1) is 19.4. The van der Waals surface area contributed by atoms with E-state index in [-0.39, 0.29) is 35.7 Å². The molecule has 4 aromatic rings. The van der Waals surface area contributed by atoms with Crippen LogP contribution in [0.1, 0.15) is 28.7 Å². The first-order valence-electron chi connectivity index (χ1n) is 12.6. The Labute approximate surface area is 225 Å². The molecule has 40 heavy (non-hydrogen) atoms. The van der Waals surface area contributed by atoms with Gasteiger partial charge in [0.25, 0.3) is 11.9 Å². The minimum absolute atomic E-state index is 0.00137. The molecule has 0 aliphatic carbocycles. The molecule has 2 aliphatic heterocycles. The van der Waals surface area contributed by atoms with Gasteiger partial charge in [0.15, 0.2) is 28.9 Å². The third-order valence-corrected chi connectivity index (χ3v) is 6.77. The molecule has 2 saturated heterocycles. The molecule has 1 amide bonds. The Morgan fingerprint density at radius 3 is 2.73 bits per heavy atom. The number of imidazole rings is 1. The molecular weight excluding hydrogens is 529 g/mol. The van der Waals surface area contributed by atoms with Crippen LogP contribution in [0, 0.1) is 5.82 Å². The first-order valence-corrected chi connectivity index (χ1v) is 12.6. The molecule has 5 N–H and O–H groups in total. The largest absolute Gasteiger partial charge is 0.394 e. The van der Waals surface area contributed by atoms with Crippen molar-refractivity contribution in [2.45, 2.75) is 43.5 Å². The second kappa shape index (κ2) is 10.8. The number of carbonyl (C=O) groups excluding carboxylic acids is 1. The maximum Gasteiger partial charge on any atom is 0.273 e. The summed E-state index contributed by atoms with van der Waals surface area (Å²) < 4.78 is 26.9. The summed E-state index contributed by atoms with van der Waals surface area (Å²) in [6.07, 6.45) is -1.22. The number of ether oxygens (including phenoxy) is 2. The zero-order chi connectivity index (χ0) is 27.8. The molecular formula is C24H26FN9O6. The zero-order valence-corrected chi connectivity index (χ0v) is 21.0. The highest BCUT2D eigenvalue weighted by atomic mass is 19.1. The second-order valence-electron chi connectivity index (χ2n) is 9.49. The van der Waals surface area contributed by atoms with E-state index in [1.807, 2.05) is 0 Å². The van der Waals surface area contributed by atoms with Crippen molar-refractivity contribution in [1.82, 2.24) is 39.8 Å². The number of fused-ring (bicyclic) bond motifs is 1. The van der Waals surface area contributed by atoms with E-state index in [9.17, 15) is 24.5 Å². The van der Waals surface area contributed by atoms with Crippen LogP contribution in [0.2, 0.25) is 0 Å². The highest BCUT2D eigenvalue weighted by Crippen LogP contribution is 2.33. The van der Waals surface area contributed by atoms with Crippen LogP contribution in [0.5, 0.6) is 0 Å². The van der Waals surface area contributed by atoms with Gasteiger partial charge in [-0.3, -0.25) is 9.36 Å². The highest BCUT2D eigenvalue weighted by Gasteiger charge is 2.44. The van der Waals surface area contributed by atoms with E-state index in [2.05, 4.69) is 35.9 Å². The highest BCUT2D eigenvalue weighted by molar-refractivity contribution is 5.92. The number of halogens is 1. The van der Waals surface area contributed by atoms with E-state index in [0.717, 1.165) is 6.42 Å². The van der Waals surface area contributed by atoms with Crippen molar-refractivity contribution in [3.63, 3.8) is 0 Å². The molecule has 2 aliphatic rings. The molecule has 210 valence electrons. The molecule has 2 fully saturated rings. The number of rotatable bonds is 8. The van der Waals surface area contributed by atoms with Gasteiger partial charge in [0.2, 0.25) is 0 Å². The van der Waals surface area contributed by atoms with Gasteiger partial charge in [0.05, 0.1) is 31.8 Å². The summed E-state index contributed by atoms with van der Waals surface area (Å²) in [5, 5.41) is 44.3. The van der Waals surface area contributed by atoms with Gasteiger partial charge in [-0.2, -0.15) is 14.6 Å².